The summed E-state index contributed by atoms with van der Waals surface area (Å²) in [6, 6.07) is 4.42. The summed E-state index contributed by atoms with van der Waals surface area (Å²) in [4.78, 5) is 15.4. The number of hydrogen-bond donors (Lipinski definition) is 3. The number of hydrogen-bond acceptors (Lipinski definition) is 5. The molecule has 2 aliphatic rings. The first kappa shape index (κ1) is 15.1. The molecule has 3 rings (SSSR count). The van der Waals surface area contributed by atoms with Gasteiger partial charge >= 0.3 is 6.09 Å². The van der Waals surface area contributed by atoms with Gasteiger partial charge in [0.15, 0.2) is 5.17 Å². The van der Waals surface area contributed by atoms with Crippen LogP contribution >= 0.6 is 11.8 Å². The van der Waals surface area contributed by atoms with Crippen LogP contribution in [0.3, 0.4) is 0 Å². The van der Waals surface area contributed by atoms with Gasteiger partial charge in [-0.2, -0.15) is 0 Å². The molecule has 1 amide bonds. The van der Waals surface area contributed by atoms with Crippen LogP contribution in [0.5, 0.6) is 0 Å². The van der Waals surface area contributed by atoms with Crippen LogP contribution in [0.1, 0.15) is 12.0 Å². The molecule has 0 unspecified atom stereocenters. The van der Waals surface area contributed by atoms with Crippen molar-refractivity contribution in [2.75, 3.05) is 24.7 Å². The fourth-order valence-corrected chi connectivity index (χ4v) is 4.08. The largest absolute Gasteiger partial charge is 0.465 e. The molecule has 1 saturated heterocycles. The number of fused-ring (bicyclic) bond motifs is 1. The predicted molar refractivity (Wildman–Crippen MR) is 82.5 cm³/mol. The van der Waals surface area contributed by atoms with Crippen LogP contribution in [0.2, 0.25) is 0 Å². The number of nitrogens with two attached hydrogens (primary N) is 1. The Morgan fingerprint density at radius 1 is 1.59 bits per heavy atom. The summed E-state index contributed by atoms with van der Waals surface area (Å²) in [6.07, 6.45) is -0.691. The molecule has 0 aliphatic carbocycles. The third-order valence-corrected chi connectivity index (χ3v) is 5.05. The van der Waals surface area contributed by atoms with Crippen LogP contribution < -0.4 is 11.1 Å². The first-order chi connectivity index (χ1) is 10.5. The maximum Gasteiger partial charge on any atom is 0.410 e. The molecule has 0 spiro atoms. The van der Waals surface area contributed by atoms with Crippen LogP contribution in [-0.4, -0.2) is 35.3 Å². The van der Waals surface area contributed by atoms with Crippen molar-refractivity contribution in [3.8, 4) is 0 Å². The number of nitrogen functional groups attached to an aromatic ring is 1. The van der Waals surface area contributed by atoms with Crippen LogP contribution in [0.4, 0.5) is 14.9 Å². The van der Waals surface area contributed by atoms with Crippen molar-refractivity contribution in [2.45, 2.75) is 12.0 Å². The summed E-state index contributed by atoms with van der Waals surface area (Å²) in [6.45, 7) is 0.907. The Hall–Kier alpha value is -1.80. The van der Waals surface area contributed by atoms with E-state index in [1.807, 2.05) is 0 Å². The monoisotopic (exact) mass is 325 g/mol. The number of carbonyl (C=O) groups is 1. The topological polar surface area (TPSA) is 96.9 Å². The van der Waals surface area contributed by atoms with E-state index < -0.39 is 11.6 Å². The highest BCUT2D eigenvalue weighted by atomic mass is 32.2. The molecule has 8 heteroatoms. The number of anilines is 1. The van der Waals surface area contributed by atoms with Gasteiger partial charge in [-0.3, -0.25) is 10.3 Å². The number of halogens is 1. The van der Waals surface area contributed by atoms with Crippen molar-refractivity contribution >= 4 is 28.7 Å². The van der Waals surface area contributed by atoms with E-state index in [0.717, 1.165) is 0 Å². The zero-order valence-corrected chi connectivity index (χ0v) is 12.5. The van der Waals surface area contributed by atoms with E-state index in [4.69, 9.17) is 15.6 Å². The van der Waals surface area contributed by atoms with E-state index in [9.17, 15) is 9.18 Å². The Labute approximate surface area is 130 Å². The van der Waals surface area contributed by atoms with Crippen molar-refractivity contribution < 1.29 is 19.0 Å². The second-order valence-corrected chi connectivity index (χ2v) is 6.35. The number of rotatable bonds is 1. The average Bonchev–Trinajstić information content (AvgIpc) is 2.48. The van der Waals surface area contributed by atoms with E-state index in [2.05, 4.69) is 10.3 Å². The van der Waals surface area contributed by atoms with Crippen LogP contribution in [0.15, 0.2) is 23.2 Å². The van der Waals surface area contributed by atoms with E-state index in [-0.39, 0.29) is 16.9 Å². The summed E-state index contributed by atoms with van der Waals surface area (Å²) < 4.78 is 19.9. The molecule has 0 saturated carbocycles. The number of amides is 1. The zero-order chi connectivity index (χ0) is 15.7. The van der Waals surface area contributed by atoms with Gasteiger partial charge in [0.2, 0.25) is 0 Å². The summed E-state index contributed by atoms with van der Waals surface area (Å²) in [5.41, 5.74) is 5.84. The Kier molecular flexibility index (Phi) is 3.96. The third kappa shape index (κ3) is 2.64. The lowest BCUT2D eigenvalue weighted by molar-refractivity contribution is 0.00878. The Balaban J connectivity index is 2.10. The lowest BCUT2D eigenvalue weighted by Crippen LogP contribution is -2.48. The molecule has 1 aromatic rings. The van der Waals surface area contributed by atoms with Gasteiger partial charge in [-0.1, -0.05) is 11.8 Å². The SMILES string of the molecule is Nc1ccc(F)c([C@]23CCOC[C@@H]2CSC(NC(=O)O)=N3)c1. The minimum Gasteiger partial charge on any atom is -0.465 e. The number of aliphatic imine (C=N–C) groups is 1. The van der Waals surface area contributed by atoms with Crippen molar-refractivity contribution in [2.24, 2.45) is 10.9 Å². The fraction of sp³-hybridized carbons (Fsp3) is 0.429. The molecule has 2 atom stereocenters. The quantitative estimate of drug-likeness (QED) is 0.686. The van der Waals surface area contributed by atoms with Gasteiger partial charge in [0.05, 0.1) is 12.1 Å². The summed E-state index contributed by atoms with van der Waals surface area (Å²) in [7, 11) is 0. The highest BCUT2D eigenvalue weighted by Gasteiger charge is 2.47. The molecule has 0 aromatic heterocycles. The molecule has 118 valence electrons. The number of nitrogens with zero attached hydrogens (tertiary/aromatic N) is 1. The molecular formula is C14H16FN3O3S. The number of carboxylic acid groups (broad SMARTS) is 1. The van der Waals surface area contributed by atoms with Crippen molar-refractivity contribution in [1.82, 2.24) is 5.32 Å². The number of nitrogens with one attached hydrogen (secondary N) is 1. The Morgan fingerprint density at radius 3 is 3.18 bits per heavy atom. The van der Waals surface area contributed by atoms with Gasteiger partial charge < -0.3 is 15.6 Å². The number of thioether (sulfide) groups is 1. The summed E-state index contributed by atoms with van der Waals surface area (Å²) in [5.74, 6) is 0.196. The van der Waals surface area contributed by atoms with Gasteiger partial charge in [0, 0.05) is 35.9 Å². The third-order valence-electron chi connectivity index (χ3n) is 4.01. The average molecular weight is 325 g/mol. The van der Waals surface area contributed by atoms with E-state index in [1.165, 1.54) is 23.9 Å². The van der Waals surface area contributed by atoms with Crippen LogP contribution in [0, 0.1) is 11.7 Å². The molecule has 0 radical (unpaired) electrons. The zero-order valence-electron chi connectivity index (χ0n) is 11.7. The lowest BCUT2D eigenvalue weighted by Gasteiger charge is -2.44. The summed E-state index contributed by atoms with van der Waals surface area (Å²) >= 11 is 1.30. The molecule has 1 aromatic carbocycles. The highest BCUT2D eigenvalue weighted by Crippen LogP contribution is 2.46. The van der Waals surface area contributed by atoms with Crippen LogP contribution in [0.25, 0.3) is 0 Å². The van der Waals surface area contributed by atoms with Gasteiger partial charge in [-0.25, -0.2) is 9.18 Å². The predicted octanol–water partition coefficient (Wildman–Crippen LogP) is 2.01. The molecule has 0 bridgehead atoms. The first-order valence-corrected chi connectivity index (χ1v) is 7.86. The second-order valence-electron chi connectivity index (χ2n) is 5.34. The second kappa shape index (κ2) is 5.77. The molecular weight excluding hydrogens is 309 g/mol. The van der Waals surface area contributed by atoms with E-state index in [1.54, 1.807) is 6.07 Å². The van der Waals surface area contributed by atoms with Crippen molar-refractivity contribution in [3.05, 3.63) is 29.6 Å². The van der Waals surface area contributed by atoms with E-state index in [0.29, 0.717) is 36.6 Å². The lowest BCUT2D eigenvalue weighted by atomic mass is 9.75. The fourth-order valence-electron chi connectivity index (χ4n) is 2.97. The molecule has 1 fully saturated rings. The molecule has 4 N–H and O–H groups in total. The van der Waals surface area contributed by atoms with E-state index >= 15 is 0 Å². The normalized spacial score (nSPS) is 27.7. The number of amidine groups is 1. The standard InChI is InChI=1S/C14H16FN3O3S/c15-11-2-1-9(16)5-10(11)14-3-4-21-6-8(14)7-22-12(18-14)17-13(19)20/h1-2,5,8H,3-4,6-7,16H2,(H,17,18)(H,19,20)/t8-,14+/m1/s1. The Morgan fingerprint density at radius 2 is 2.41 bits per heavy atom. The van der Waals surface area contributed by atoms with Gasteiger partial charge in [0.25, 0.3) is 0 Å². The van der Waals surface area contributed by atoms with Crippen molar-refractivity contribution in [1.29, 1.82) is 0 Å². The Bertz CT molecular complexity index is 640. The maximum atomic E-state index is 14.4. The van der Waals surface area contributed by atoms with Crippen LogP contribution in [-0.2, 0) is 10.3 Å². The van der Waals surface area contributed by atoms with Gasteiger partial charge in [-0.15, -0.1) is 0 Å². The molecule has 2 aliphatic heterocycles. The highest BCUT2D eigenvalue weighted by molar-refractivity contribution is 8.13. The smallest absolute Gasteiger partial charge is 0.410 e. The van der Waals surface area contributed by atoms with Gasteiger partial charge in [-0.05, 0) is 18.2 Å². The van der Waals surface area contributed by atoms with Crippen molar-refractivity contribution in [3.63, 3.8) is 0 Å². The number of benzene rings is 1. The molecule has 6 nitrogen and oxygen atoms in total. The molecule has 22 heavy (non-hydrogen) atoms. The minimum atomic E-state index is -1.18. The summed E-state index contributed by atoms with van der Waals surface area (Å²) in [5, 5.41) is 11.5. The maximum absolute atomic E-state index is 14.4. The molecule has 2 heterocycles. The van der Waals surface area contributed by atoms with Gasteiger partial charge in [0.1, 0.15) is 5.82 Å². The first-order valence-electron chi connectivity index (χ1n) is 6.87. The number of ether oxygens (including phenoxy) is 1. The minimum absolute atomic E-state index is 0.0260.